The van der Waals surface area contributed by atoms with E-state index in [2.05, 4.69) is 130 Å². The number of unbranched alkanes of at least 4 members (excludes halogenated alkanes) is 33. The summed E-state index contributed by atoms with van der Waals surface area (Å²) < 4.78 is 16.9. The van der Waals surface area contributed by atoms with Crippen LogP contribution in [-0.2, 0) is 28.6 Å². The monoisotopic (exact) mass is 1120 g/mol. The topological polar surface area (TPSA) is 78.9 Å². The van der Waals surface area contributed by atoms with Crippen molar-refractivity contribution >= 4 is 17.9 Å². The van der Waals surface area contributed by atoms with Crippen molar-refractivity contribution in [2.75, 3.05) is 13.2 Å². The molecule has 0 aliphatic rings. The third-order valence-corrected chi connectivity index (χ3v) is 14.8. The van der Waals surface area contributed by atoms with E-state index in [4.69, 9.17) is 14.2 Å². The summed E-state index contributed by atoms with van der Waals surface area (Å²) in [6, 6.07) is 0. The maximum absolute atomic E-state index is 12.9. The van der Waals surface area contributed by atoms with Crippen LogP contribution in [0.5, 0.6) is 0 Å². The van der Waals surface area contributed by atoms with Gasteiger partial charge >= 0.3 is 17.9 Å². The van der Waals surface area contributed by atoms with Crippen molar-refractivity contribution in [2.24, 2.45) is 0 Å². The second-order valence-corrected chi connectivity index (χ2v) is 22.7. The van der Waals surface area contributed by atoms with E-state index >= 15 is 0 Å². The highest BCUT2D eigenvalue weighted by Gasteiger charge is 2.19. The number of hydrogen-bond donors (Lipinski definition) is 0. The standard InChI is InChI=1S/C75H128O6/c1-4-7-10-13-16-19-22-24-26-28-30-32-34-36-37-39-40-42-44-46-48-50-53-56-59-62-65-68-74(77)80-71-72(70-79-73(76)67-64-61-58-55-52-21-18-15-12-9-6-3)81-75(78)69-66-63-60-57-54-51-49-47-45-43-41-38-35-33-31-29-27-25-23-20-17-14-11-8-5-2/h7,10,16,19,23-26,29-32,35-38,40,42,72H,4-6,8-9,11-15,17-18,20-22,27-28,33-34,39,41,43-71H2,1-3H3/b10-7-,19-16-,25-23-,26-24-,31-29-,32-30-,37-36-,38-35-,42-40-. The normalized spacial score (nSPS) is 12.8. The van der Waals surface area contributed by atoms with Crippen molar-refractivity contribution in [1.82, 2.24) is 0 Å². The van der Waals surface area contributed by atoms with Gasteiger partial charge < -0.3 is 14.2 Å². The minimum atomic E-state index is -0.785. The third-order valence-electron chi connectivity index (χ3n) is 14.8. The lowest BCUT2D eigenvalue weighted by atomic mass is 10.0. The summed E-state index contributed by atoms with van der Waals surface area (Å²) in [7, 11) is 0. The maximum Gasteiger partial charge on any atom is 0.306 e. The van der Waals surface area contributed by atoms with Gasteiger partial charge in [-0.15, -0.1) is 0 Å². The highest BCUT2D eigenvalue weighted by molar-refractivity contribution is 5.71. The molecule has 0 aliphatic carbocycles. The van der Waals surface area contributed by atoms with Crippen LogP contribution in [0.15, 0.2) is 109 Å². The van der Waals surface area contributed by atoms with Gasteiger partial charge in [0.05, 0.1) is 0 Å². The van der Waals surface area contributed by atoms with Crippen molar-refractivity contribution in [3.05, 3.63) is 109 Å². The Morgan fingerprint density at radius 3 is 0.753 bits per heavy atom. The van der Waals surface area contributed by atoms with E-state index in [-0.39, 0.29) is 31.1 Å². The van der Waals surface area contributed by atoms with Crippen molar-refractivity contribution < 1.29 is 28.6 Å². The minimum absolute atomic E-state index is 0.0801. The number of ether oxygens (including phenoxy) is 3. The molecule has 0 saturated carbocycles. The smallest absolute Gasteiger partial charge is 0.306 e. The quantitative estimate of drug-likeness (QED) is 0.0261. The second kappa shape index (κ2) is 68.6. The first kappa shape index (κ1) is 77.1. The average Bonchev–Trinajstić information content (AvgIpc) is 3.47. The highest BCUT2D eigenvalue weighted by atomic mass is 16.6. The van der Waals surface area contributed by atoms with Gasteiger partial charge in [0.1, 0.15) is 13.2 Å². The first-order valence-corrected chi connectivity index (χ1v) is 34.4. The summed E-state index contributed by atoms with van der Waals surface area (Å²) in [5.74, 6) is -0.882. The van der Waals surface area contributed by atoms with Crippen molar-refractivity contribution in [2.45, 2.75) is 335 Å². The summed E-state index contributed by atoms with van der Waals surface area (Å²) in [6.45, 7) is 6.53. The molecule has 464 valence electrons. The fourth-order valence-corrected chi connectivity index (χ4v) is 9.63. The first-order valence-electron chi connectivity index (χ1n) is 34.4. The largest absolute Gasteiger partial charge is 0.462 e. The lowest BCUT2D eigenvalue weighted by Gasteiger charge is -2.18. The predicted octanol–water partition coefficient (Wildman–Crippen LogP) is 23.8. The molecule has 0 aromatic rings. The number of hydrogen-bond acceptors (Lipinski definition) is 6. The van der Waals surface area contributed by atoms with Gasteiger partial charge in [0, 0.05) is 19.3 Å². The zero-order chi connectivity index (χ0) is 58.5. The Balaban J connectivity index is 4.29. The molecule has 1 unspecified atom stereocenters. The summed E-state index contributed by atoms with van der Waals surface area (Å²) in [6.07, 6.45) is 93.9. The molecule has 0 rings (SSSR count). The van der Waals surface area contributed by atoms with Crippen LogP contribution >= 0.6 is 0 Å². The number of esters is 3. The molecular formula is C75H128O6. The maximum atomic E-state index is 12.9. The van der Waals surface area contributed by atoms with Gasteiger partial charge in [-0.25, -0.2) is 0 Å². The van der Waals surface area contributed by atoms with E-state index in [0.717, 1.165) is 116 Å². The zero-order valence-corrected chi connectivity index (χ0v) is 53.3. The molecule has 0 spiro atoms. The Kier molecular flexibility index (Phi) is 65.2. The van der Waals surface area contributed by atoms with Crippen LogP contribution in [0.1, 0.15) is 329 Å². The zero-order valence-electron chi connectivity index (χ0n) is 53.3. The summed E-state index contributed by atoms with van der Waals surface area (Å²) in [5, 5.41) is 0. The van der Waals surface area contributed by atoms with E-state index < -0.39 is 6.10 Å². The van der Waals surface area contributed by atoms with Crippen LogP contribution in [0.2, 0.25) is 0 Å². The Morgan fingerprint density at radius 2 is 0.481 bits per heavy atom. The fourth-order valence-electron chi connectivity index (χ4n) is 9.63. The molecule has 0 aliphatic heterocycles. The average molecular weight is 1130 g/mol. The molecule has 0 bridgehead atoms. The van der Waals surface area contributed by atoms with Gasteiger partial charge in [0.2, 0.25) is 0 Å². The molecule has 6 heteroatoms. The lowest BCUT2D eigenvalue weighted by molar-refractivity contribution is -0.167. The van der Waals surface area contributed by atoms with Gasteiger partial charge in [-0.05, 0) is 109 Å². The molecule has 0 fully saturated rings. The van der Waals surface area contributed by atoms with Crippen LogP contribution in [0.3, 0.4) is 0 Å². The number of rotatable bonds is 62. The van der Waals surface area contributed by atoms with Crippen LogP contribution in [0.25, 0.3) is 0 Å². The first-order chi connectivity index (χ1) is 40.0. The molecule has 0 aromatic heterocycles. The van der Waals surface area contributed by atoms with Crippen molar-refractivity contribution in [3.63, 3.8) is 0 Å². The van der Waals surface area contributed by atoms with Crippen molar-refractivity contribution in [3.8, 4) is 0 Å². The minimum Gasteiger partial charge on any atom is -0.462 e. The number of allylic oxidation sites excluding steroid dienone is 18. The SMILES string of the molecule is CC/C=C\C/C=C\C/C=C\C/C=C\C/C=C\C/C=C\CCCCCCCCCCC(=O)OCC(COC(=O)CCCCCCCCCCCCC)OC(=O)CCCCCCCCCCCC/C=C\C/C=C\C/C=C\CCCCCCC. The van der Waals surface area contributed by atoms with Gasteiger partial charge in [-0.3, -0.25) is 14.4 Å². The Labute approximate surface area is 501 Å². The van der Waals surface area contributed by atoms with E-state index in [1.165, 1.54) is 173 Å². The molecule has 0 radical (unpaired) electrons. The van der Waals surface area contributed by atoms with Crippen molar-refractivity contribution in [1.29, 1.82) is 0 Å². The molecule has 0 heterocycles. The number of carbonyl (C=O) groups is 3. The third kappa shape index (κ3) is 66.8. The molecule has 1 atom stereocenters. The number of carbonyl (C=O) groups excluding carboxylic acids is 3. The highest BCUT2D eigenvalue weighted by Crippen LogP contribution is 2.16. The van der Waals surface area contributed by atoms with Crippen LogP contribution in [0, 0.1) is 0 Å². The molecule has 81 heavy (non-hydrogen) atoms. The molecular weight excluding hydrogens is 997 g/mol. The van der Waals surface area contributed by atoms with Gasteiger partial charge in [-0.1, -0.05) is 310 Å². The van der Waals surface area contributed by atoms with E-state index in [1.54, 1.807) is 0 Å². The second-order valence-electron chi connectivity index (χ2n) is 22.7. The van der Waals surface area contributed by atoms with Crippen LogP contribution < -0.4 is 0 Å². The Bertz CT molecular complexity index is 1620. The molecule has 0 amide bonds. The van der Waals surface area contributed by atoms with E-state index in [1.807, 2.05) is 0 Å². The summed E-state index contributed by atoms with van der Waals surface area (Å²) in [4.78, 5) is 38.4. The molecule has 6 nitrogen and oxygen atoms in total. The van der Waals surface area contributed by atoms with Gasteiger partial charge in [-0.2, -0.15) is 0 Å². The Hall–Kier alpha value is -3.93. The fraction of sp³-hybridized carbons (Fsp3) is 0.720. The molecule has 0 saturated heterocycles. The summed E-state index contributed by atoms with van der Waals surface area (Å²) >= 11 is 0. The van der Waals surface area contributed by atoms with Crippen LogP contribution in [0.4, 0.5) is 0 Å². The van der Waals surface area contributed by atoms with E-state index in [0.29, 0.717) is 19.3 Å². The van der Waals surface area contributed by atoms with Gasteiger partial charge in [0.25, 0.3) is 0 Å². The molecule has 0 N–H and O–H groups in total. The van der Waals surface area contributed by atoms with Gasteiger partial charge in [0.15, 0.2) is 6.10 Å². The lowest BCUT2D eigenvalue weighted by Crippen LogP contribution is -2.30. The van der Waals surface area contributed by atoms with E-state index in [9.17, 15) is 14.4 Å². The van der Waals surface area contributed by atoms with Crippen LogP contribution in [-0.4, -0.2) is 37.2 Å². The molecule has 0 aromatic carbocycles. The Morgan fingerprint density at radius 1 is 0.259 bits per heavy atom. The predicted molar refractivity (Wildman–Crippen MR) is 353 cm³/mol. The summed E-state index contributed by atoms with van der Waals surface area (Å²) in [5.41, 5.74) is 0.